The lowest BCUT2D eigenvalue weighted by atomic mass is 10.2. The van der Waals surface area contributed by atoms with Crippen LogP contribution < -0.4 is 5.73 Å². The Morgan fingerprint density at radius 2 is 1.89 bits per heavy atom. The second kappa shape index (κ2) is 7.05. The molecule has 2 heterocycles. The molecule has 1 aliphatic rings. The smallest absolute Gasteiger partial charge is 0.121 e. The van der Waals surface area contributed by atoms with Gasteiger partial charge in [0.15, 0.2) is 0 Å². The lowest BCUT2D eigenvalue weighted by molar-refractivity contribution is 0.120. The quantitative estimate of drug-likeness (QED) is 0.808. The molecule has 0 atom stereocenters. The minimum atomic E-state index is 0.491. The van der Waals surface area contributed by atoms with Gasteiger partial charge in [-0.1, -0.05) is 0 Å². The summed E-state index contributed by atoms with van der Waals surface area (Å²) in [6.07, 6.45) is 1.74. The van der Waals surface area contributed by atoms with Gasteiger partial charge in [0.05, 0.1) is 12.8 Å². The second-order valence-electron chi connectivity index (χ2n) is 5.49. The van der Waals surface area contributed by atoms with Gasteiger partial charge in [0, 0.05) is 51.4 Å². The van der Waals surface area contributed by atoms with Gasteiger partial charge in [0.1, 0.15) is 5.76 Å². The van der Waals surface area contributed by atoms with Crippen molar-refractivity contribution in [3.63, 3.8) is 0 Å². The Morgan fingerprint density at radius 1 is 1.21 bits per heavy atom. The van der Waals surface area contributed by atoms with Crippen molar-refractivity contribution in [3.8, 4) is 0 Å². The van der Waals surface area contributed by atoms with Gasteiger partial charge in [-0.05, 0) is 20.2 Å². The highest BCUT2D eigenvalue weighted by Crippen LogP contribution is 2.14. The first-order chi connectivity index (χ1) is 9.19. The van der Waals surface area contributed by atoms with E-state index < -0.39 is 0 Å². The van der Waals surface area contributed by atoms with E-state index in [-0.39, 0.29) is 0 Å². The maximum Gasteiger partial charge on any atom is 0.121 e. The number of rotatable bonds is 6. The molecule has 0 saturated carbocycles. The number of likely N-dealkylation sites (N-methyl/N-ethyl adjacent to an activating group) is 1. The molecule has 0 amide bonds. The molecule has 1 aliphatic heterocycles. The summed E-state index contributed by atoms with van der Waals surface area (Å²) in [5.74, 6) is 0.926. The number of nitrogens with two attached hydrogens (primary N) is 1. The fourth-order valence-corrected chi connectivity index (χ4v) is 2.44. The van der Waals surface area contributed by atoms with Gasteiger partial charge in [-0.2, -0.15) is 0 Å². The number of furan rings is 1. The van der Waals surface area contributed by atoms with Crippen molar-refractivity contribution in [3.05, 3.63) is 23.7 Å². The third-order valence-corrected chi connectivity index (χ3v) is 3.75. The van der Waals surface area contributed by atoms with Crippen LogP contribution in [0, 0.1) is 0 Å². The monoisotopic (exact) mass is 266 g/mol. The number of nitrogens with zero attached hydrogens (tertiary/aromatic N) is 3. The highest BCUT2D eigenvalue weighted by atomic mass is 16.3. The summed E-state index contributed by atoms with van der Waals surface area (Å²) >= 11 is 0. The molecule has 5 nitrogen and oxygen atoms in total. The predicted octanol–water partition coefficient (Wildman–Crippen LogP) is 0.418. The van der Waals surface area contributed by atoms with Crippen LogP contribution in [0.15, 0.2) is 16.7 Å². The van der Waals surface area contributed by atoms with Crippen molar-refractivity contribution in [1.82, 2.24) is 14.7 Å². The average molecular weight is 266 g/mol. The van der Waals surface area contributed by atoms with Gasteiger partial charge in [-0.15, -0.1) is 0 Å². The predicted molar refractivity (Wildman–Crippen MR) is 76.9 cm³/mol. The van der Waals surface area contributed by atoms with Gasteiger partial charge in [-0.3, -0.25) is 9.80 Å². The van der Waals surface area contributed by atoms with Gasteiger partial charge in [0.25, 0.3) is 0 Å². The van der Waals surface area contributed by atoms with E-state index in [0.29, 0.717) is 6.54 Å². The van der Waals surface area contributed by atoms with Crippen molar-refractivity contribution in [2.24, 2.45) is 5.73 Å². The molecule has 1 fully saturated rings. The Bertz CT molecular complexity index is 369. The van der Waals surface area contributed by atoms with Crippen molar-refractivity contribution in [2.75, 3.05) is 53.4 Å². The average Bonchev–Trinajstić information content (AvgIpc) is 2.85. The summed E-state index contributed by atoms with van der Waals surface area (Å²) in [6, 6.07) is 2.04. The van der Waals surface area contributed by atoms with Crippen LogP contribution in [-0.4, -0.2) is 68.1 Å². The van der Waals surface area contributed by atoms with E-state index in [1.54, 1.807) is 6.26 Å². The molecule has 1 aromatic rings. The highest BCUT2D eigenvalue weighted by Gasteiger charge is 2.18. The molecule has 2 rings (SSSR count). The third-order valence-electron chi connectivity index (χ3n) is 3.75. The maximum atomic E-state index is 5.66. The number of piperazine rings is 1. The first kappa shape index (κ1) is 14.5. The Kier molecular flexibility index (Phi) is 5.39. The molecule has 0 spiro atoms. The summed E-state index contributed by atoms with van der Waals surface area (Å²) in [5, 5.41) is 0. The fourth-order valence-electron chi connectivity index (χ4n) is 2.44. The van der Waals surface area contributed by atoms with E-state index in [9.17, 15) is 0 Å². The van der Waals surface area contributed by atoms with Crippen LogP contribution in [0.5, 0.6) is 0 Å². The molecular weight excluding hydrogens is 240 g/mol. The van der Waals surface area contributed by atoms with Gasteiger partial charge < -0.3 is 15.1 Å². The summed E-state index contributed by atoms with van der Waals surface area (Å²) in [5.41, 5.74) is 6.91. The second-order valence-corrected chi connectivity index (χ2v) is 5.49. The van der Waals surface area contributed by atoms with E-state index in [1.807, 2.05) is 6.07 Å². The van der Waals surface area contributed by atoms with Crippen LogP contribution in [0.3, 0.4) is 0 Å². The van der Waals surface area contributed by atoms with Crippen molar-refractivity contribution >= 4 is 0 Å². The lowest BCUT2D eigenvalue weighted by Crippen LogP contribution is -2.47. The SMILES string of the molecule is CN(C)CCN1CCN(Cc2ccoc2CN)CC1. The highest BCUT2D eigenvalue weighted by molar-refractivity contribution is 5.16. The fraction of sp³-hybridized carbons (Fsp3) is 0.714. The number of hydrogen-bond donors (Lipinski definition) is 1. The zero-order valence-electron chi connectivity index (χ0n) is 12.1. The van der Waals surface area contributed by atoms with Gasteiger partial charge >= 0.3 is 0 Å². The van der Waals surface area contributed by atoms with Crippen LogP contribution in [-0.2, 0) is 13.1 Å². The molecule has 0 unspecified atom stereocenters. The van der Waals surface area contributed by atoms with Crippen molar-refractivity contribution in [1.29, 1.82) is 0 Å². The Balaban J connectivity index is 1.74. The largest absolute Gasteiger partial charge is 0.468 e. The summed E-state index contributed by atoms with van der Waals surface area (Å²) < 4.78 is 5.37. The van der Waals surface area contributed by atoms with E-state index in [2.05, 4.69) is 28.8 Å². The normalized spacial score (nSPS) is 18.3. The van der Waals surface area contributed by atoms with Gasteiger partial charge in [-0.25, -0.2) is 0 Å². The van der Waals surface area contributed by atoms with Crippen LogP contribution in [0.25, 0.3) is 0 Å². The molecule has 0 aromatic carbocycles. The molecule has 19 heavy (non-hydrogen) atoms. The first-order valence-electron chi connectivity index (χ1n) is 7.04. The Morgan fingerprint density at radius 3 is 2.53 bits per heavy atom. The van der Waals surface area contributed by atoms with Gasteiger partial charge in [0.2, 0.25) is 0 Å². The van der Waals surface area contributed by atoms with Crippen LogP contribution in [0.1, 0.15) is 11.3 Å². The lowest BCUT2D eigenvalue weighted by Gasteiger charge is -2.35. The Hall–Kier alpha value is -0.880. The van der Waals surface area contributed by atoms with Crippen LogP contribution in [0.4, 0.5) is 0 Å². The van der Waals surface area contributed by atoms with E-state index in [4.69, 9.17) is 10.2 Å². The van der Waals surface area contributed by atoms with Crippen molar-refractivity contribution in [2.45, 2.75) is 13.1 Å². The minimum Gasteiger partial charge on any atom is -0.468 e. The molecule has 2 N–H and O–H groups in total. The Labute approximate surface area is 115 Å². The molecular formula is C14H26N4O. The standard InChI is InChI=1S/C14H26N4O/c1-16(2)4-5-17-6-8-18(9-7-17)12-13-3-10-19-14(13)11-15/h3,10H,4-9,11-12,15H2,1-2H3. The molecule has 0 aliphatic carbocycles. The molecule has 1 aromatic heterocycles. The molecule has 0 bridgehead atoms. The van der Waals surface area contributed by atoms with E-state index in [1.165, 1.54) is 12.1 Å². The number of hydrogen-bond acceptors (Lipinski definition) is 5. The summed E-state index contributed by atoms with van der Waals surface area (Å²) in [6.45, 7) is 8.33. The summed E-state index contributed by atoms with van der Waals surface area (Å²) in [7, 11) is 4.26. The topological polar surface area (TPSA) is 48.9 Å². The third kappa shape index (κ3) is 4.31. The zero-order valence-corrected chi connectivity index (χ0v) is 12.1. The van der Waals surface area contributed by atoms with E-state index in [0.717, 1.165) is 45.0 Å². The molecule has 0 radical (unpaired) electrons. The zero-order chi connectivity index (χ0) is 13.7. The summed E-state index contributed by atoms with van der Waals surface area (Å²) in [4.78, 5) is 7.26. The molecule has 108 valence electrons. The molecule has 1 saturated heterocycles. The van der Waals surface area contributed by atoms with Crippen LogP contribution >= 0.6 is 0 Å². The molecule has 5 heteroatoms. The van der Waals surface area contributed by atoms with Crippen molar-refractivity contribution < 1.29 is 4.42 Å². The van der Waals surface area contributed by atoms with Crippen LogP contribution in [0.2, 0.25) is 0 Å². The maximum absolute atomic E-state index is 5.66. The van der Waals surface area contributed by atoms with E-state index >= 15 is 0 Å². The minimum absolute atomic E-state index is 0.491. The first-order valence-corrected chi connectivity index (χ1v) is 7.04.